The Morgan fingerprint density at radius 3 is 2.32 bits per heavy atom. The van der Waals surface area contributed by atoms with Crippen LogP contribution >= 0.6 is 15.9 Å². The molecule has 152 valence electrons. The van der Waals surface area contributed by atoms with Crippen molar-refractivity contribution in [2.45, 2.75) is 42.8 Å². The van der Waals surface area contributed by atoms with Crippen molar-refractivity contribution in [2.75, 3.05) is 12.3 Å². The molecule has 1 aromatic rings. The molecule has 0 unspecified atom stereocenters. The quantitative estimate of drug-likeness (QED) is 0.415. The van der Waals surface area contributed by atoms with Gasteiger partial charge in [-0.25, -0.2) is 4.79 Å². The molecule has 0 spiro atoms. The van der Waals surface area contributed by atoms with Crippen LogP contribution in [-0.2, 0) is 23.6 Å². The number of aromatic nitrogens is 2. The van der Waals surface area contributed by atoms with Crippen LogP contribution in [0.25, 0.3) is 0 Å². The Balaban J connectivity index is 1.53. The fraction of sp³-hybridized carbons (Fsp3) is 0.684. The van der Waals surface area contributed by atoms with Gasteiger partial charge in [0.25, 0.3) is 5.56 Å². The van der Waals surface area contributed by atoms with E-state index in [1.165, 1.54) is 14.1 Å². The van der Waals surface area contributed by atoms with E-state index in [1.54, 1.807) is 0 Å². The molecule has 0 saturated heterocycles. The molecule has 2 N–H and O–H groups in total. The van der Waals surface area contributed by atoms with Crippen LogP contribution in [0.5, 0.6) is 0 Å². The maximum atomic E-state index is 13.0. The summed E-state index contributed by atoms with van der Waals surface area (Å²) in [4.78, 5) is 49.8. The number of ketones is 1. The highest BCUT2D eigenvalue weighted by molar-refractivity contribution is 9.10. The lowest BCUT2D eigenvalue weighted by Crippen LogP contribution is -2.56. The number of nitrogens with two attached hydrogens (primary N) is 1. The highest BCUT2D eigenvalue weighted by Gasteiger charge is 2.60. The van der Waals surface area contributed by atoms with Crippen LogP contribution < -0.4 is 17.0 Å². The molecule has 1 heterocycles. The topological polar surface area (TPSA) is 113 Å². The summed E-state index contributed by atoms with van der Waals surface area (Å²) in [5.74, 6) is -0.256. The van der Waals surface area contributed by atoms with Crippen molar-refractivity contribution in [2.24, 2.45) is 31.3 Å². The van der Waals surface area contributed by atoms with Gasteiger partial charge in [0.1, 0.15) is 11.4 Å². The lowest BCUT2D eigenvalue weighted by Gasteiger charge is -2.58. The molecule has 4 fully saturated rings. The largest absolute Gasteiger partial charge is 0.457 e. The second-order valence-corrected chi connectivity index (χ2v) is 10.5. The normalized spacial score (nSPS) is 33.1. The molecule has 4 aliphatic carbocycles. The molecule has 0 radical (unpaired) electrons. The van der Waals surface area contributed by atoms with Crippen molar-refractivity contribution in [3.8, 4) is 0 Å². The third-order valence-electron chi connectivity index (χ3n) is 6.75. The van der Waals surface area contributed by atoms with Gasteiger partial charge in [0.05, 0.1) is 5.41 Å². The molecule has 8 nitrogen and oxygen atoms in total. The minimum absolute atomic E-state index is 0.00180. The molecule has 5 rings (SSSR count). The summed E-state index contributed by atoms with van der Waals surface area (Å²) in [6.45, 7) is -0.553. The van der Waals surface area contributed by atoms with Gasteiger partial charge in [0.2, 0.25) is 5.78 Å². The minimum atomic E-state index is -0.782. The van der Waals surface area contributed by atoms with Crippen molar-refractivity contribution in [1.82, 2.24) is 9.13 Å². The van der Waals surface area contributed by atoms with E-state index in [0.29, 0.717) is 11.8 Å². The van der Waals surface area contributed by atoms with Crippen molar-refractivity contribution in [3.05, 3.63) is 26.4 Å². The molecular weight excluding hydrogens is 430 g/mol. The van der Waals surface area contributed by atoms with E-state index in [9.17, 15) is 19.2 Å². The van der Waals surface area contributed by atoms with Gasteiger partial charge in [-0.1, -0.05) is 15.9 Å². The van der Waals surface area contributed by atoms with Gasteiger partial charge in [0, 0.05) is 18.4 Å². The first-order valence-corrected chi connectivity index (χ1v) is 10.3. The van der Waals surface area contributed by atoms with Crippen molar-refractivity contribution >= 4 is 33.5 Å². The zero-order valence-corrected chi connectivity index (χ0v) is 17.6. The van der Waals surface area contributed by atoms with E-state index in [2.05, 4.69) is 15.9 Å². The standard InChI is InChI=1S/C19H24BrN3O5/c1-22-14(21)13(15(25)23(2)17(22)27)12(24)8-28-16(26)18-4-10-3-11(5-18)7-19(20,6-10)9-18/h10-11H,3-9,21H2,1-2H3/t10-,11-,18?,19?/m1/s1. The number of carbonyl (C=O) groups is 2. The number of alkyl halides is 1. The van der Waals surface area contributed by atoms with Gasteiger partial charge in [-0.2, -0.15) is 0 Å². The number of nitrogens with zero attached hydrogens (tertiary/aromatic N) is 2. The number of rotatable bonds is 4. The molecule has 4 bridgehead atoms. The van der Waals surface area contributed by atoms with Crippen LogP contribution in [-0.4, -0.2) is 31.8 Å². The zero-order valence-electron chi connectivity index (χ0n) is 16.0. The first-order chi connectivity index (χ1) is 13.1. The Hall–Kier alpha value is -1.90. The van der Waals surface area contributed by atoms with Crippen LogP contribution in [0.2, 0.25) is 0 Å². The lowest BCUT2D eigenvalue weighted by atomic mass is 9.49. The summed E-state index contributed by atoms with van der Waals surface area (Å²) >= 11 is 3.85. The number of hydrogen-bond acceptors (Lipinski definition) is 6. The van der Waals surface area contributed by atoms with Crippen molar-refractivity contribution < 1.29 is 14.3 Å². The molecule has 4 saturated carbocycles. The maximum absolute atomic E-state index is 13.0. The van der Waals surface area contributed by atoms with Gasteiger partial charge in [-0.05, 0) is 50.4 Å². The molecule has 1 aromatic heterocycles. The Bertz CT molecular complexity index is 981. The summed E-state index contributed by atoms with van der Waals surface area (Å²) in [6, 6.07) is 0. The van der Waals surface area contributed by atoms with Gasteiger partial charge in [0.15, 0.2) is 6.61 Å². The maximum Gasteiger partial charge on any atom is 0.332 e. The summed E-state index contributed by atoms with van der Waals surface area (Å²) in [6.07, 6.45) is 5.65. The van der Waals surface area contributed by atoms with E-state index >= 15 is 0 Å². The van der Waals surface area contributed by atoms with Crippen LogP contribution in [0.4, 0.5) is 5.82 Å². The number of carbonyl (C=O) groups excluding carboxylic acids is 2. The SMILES string of the molecule is Cn1c(N)c(C(=O)COC(=O)C23C[C@H]4C[C@@H](CC(Br)(C4)C2)C3)c(=O)n(C)c1=O. The molecule has 0 aromatic carbocycles. The van der Waals surface area contributed by atoms with Gasteiger partial charge < -0.3 is 10.5 Å². The molecule has 28 heavy (non-hydrogen) atoms. The minimum Gasteiger partial charge on any atom is -0.457 e. The fourth-order valence-electron chi connectivity index (χ4n) is 5.87. The smallest absolute Gasteiger partial charge is 0.332 e. The molecule has 0 aliphatic heterocycles. The Morgan fingerprint density at radius 1 is 1.14 bits per heavy atom. The summed E-state index contributed by atoms with van der Waals surface area (Å²) in [5.41, 5.74) is 3.54. The van der Waals surface area contributed by atoms with Crippen LogP contribution in [0, 0.1) is 17.3 Å². The molecule has 9 heteroatoms. The van der Waals surface area contributed by atoms with Crippen molar-refractivity contribution in [3.63, 3.8) is 0 Å². The van der Waals surface area contributed by atoms with Crippen molar-refractivity contribution in [1.29, 1.82) is 0 Å². The second-order valence-electron chi connectivity index (χ2n) is 8.86. The second kappa shape index (κ2) is 6.30. The lowest BCUT2D eigenvalue weighted by molar-refractivity contribution is -0.168. The highest BCUT2D eigenvalue weighted by atomic mass is 79.9. The summed E-state index contributed by atoms with van der Waals surface area (Å²) in [5, 5.41) is 0. The van der Waals surface area contributed by atoms with Gasteiger partial charge >= 0.3 is 11.7 Å². The summed E-state index contributed by atoms with van der Waals surface area (Å²) in [7, 11) is 2.66. The average molecular weight is 454 g/mol. The third kappa shape index (κ3) is 2.86. The Morgan fingerprint density at radius 2 is 1.75 bits per heavy atom. The van der Waals surface area contributed by atoms with E-state index in [1.807, 2.05) is 0 Å². The van der Waals surface area contributed by atoms with E-state index in [0.717, 1.165) is 47.7 Å². The summed E-state index contributed by atoms with van der Waals surface area (Å²) < 4.78 is 7.26. The monoisotopic (exact) mass is 453 g/mol. The van der Waals surface area contributed by atoms with Gasteiger partial charge in [-0.15, -0.1) is 0 Å². The zero-order chi connectivity index (χ0) is 20.4. The highest BCUT2D eigenvalue weighted by Crippen LogP contribution is 2.64. The third-order valence-corrected chi connectivity index (χ3v) is 7.67. The first kappa shape index (κ1) is 19.4. The number of halogens is 1. The Labute approximate surface area is 170 Å². The predicted octanol–water partition coefficient (Wildman–Crippen LogP) is 1.13. The van der Waals surface area contributed by atoms with E-state index < -0.39 is 29.1 Å². The number of ether oxygens (including phenoxy) is 1. The number of anilines is 1. The van der Waals surface area contributed by atoms with Gasteiger partial charge in [-0.3, -0.25) is 23.5 Å². The van der Waals surface area contributed by atoms with Crippen LogP contribution in [0.15, 0.2) is 9.59 Å². The number of esters is 1. The molecule has 2 atom stereocenters. The first-order valence-electron chi connectivity index (χ1n) is 9.50. The number of nitrogen functional groups attached to an aromatic ring is 1. The van der Waals surface area contributed by atoms with Crippen LogP contribution in [0.1, 0.15) is 48.9 Å². The predicted molar refractivity (Wildman–Crippen MR) is 105 cm³/mol. The number of hydrogen-bond donors (Lipinski definition) is 1. The fourth-order valence-corrected chi connectivity index (χ4v) is 7.32. The van der Waals surface area contributed by atoms with E-state index in [-0.39, 0.29) is 21.7 Å². The number of Topliss-reactive ketones (excluding diaryl/α,β-unsaturated/α-hetero) is 1. The molecule has 0 amide bonds. The Kier molecular flexibility index (Phi) is 4.37. The average Bonchev–Trinajstić information content (AvgIpc) is 2.61. The van der Waals surface area contributed by atoms with Crippen LogP contribution in [0.3, 0.4) is 0 Å². The van der Waals surface area contributed by atoms with E-state index in [4.69, 9.17) is 10.5 Å². The molecule has 4 aliphatic rings. The molecular formula is C19H24BrN3O5.